The van der Waals surface area contributed by atoms with Crippen LogP contribution in [0.2, 0.25) is 5.02 Å². The highest BCUT2D eigenvalue weighted by atomic mass is 35.5. The lowest BCUT2D eigenvalue weighted by atomic mass is 10.1. The average Bonchev–Trinajstić information content (AvgIpc) is 3.07. The molecule has 0 spiro atoms. The van der Waals surface area contributed by atoms with E-state index in [0.717, 1.165) is 22.2 Å². The van der Waals surface area contributed by atoms with Crippen LogP contribution in [0.5, 0.6) is 11.5 Å². The molecule has 0 atom stereocenters. The molecule has 0 radical (unpaired) electrons. The van der Waals surface area contributed by atoms with Crippen molar-refractivity contribution in [2.24, 2.45) is 0 Å². The van der Waals surface area contributed by atoms with Gasteiger partial charge in [-0.1, -0.05) is 54.1 Å². The molecular formula is C25H19ClFNO4S. The Morgan fingerprint density at radius 2 is 1.73 bits per heavy atom. The van der Waals surface area contributed by atoms with E-state index in [9.17, 15) is 14.0 Å². The summed E-state index contributed by atoms with van der Waals surface area (Å²) in [7, 11) is 1.52. The number of ether oxygens (including phenoxy) is 2. The van der Waals surface area contributed by atoms with Crippen LogP contribution in [0.3, 0.4) is 0 Å². The van der Waals surface area contributed by atoms with Crippen molar-refractivity contribution >= 4 is 40.6 Å². The van der Waals surface area contributed by atoms with E-state index in [1.165, 1.54) is 13.2 Å². The number of hydrogen-bond donors (Lipinski definition) is 0. The quantitative estimate of drug-likeness (QED) is 0.369. The van der Waals surface area contributed by atoms with Gasteiger partial charge in [0.1, 0.15) is 12.4 Å². The Labute approximate surface area is 199 Å². The topological polar surface area (TPSA) is 55.8 Å². The Bertz CT molecular complexity index is 1250. The number of benzene rings is 3. The molecule has 3 aromatic carbocycles. The van der Waals surface area contributed by atoms with Crippen LogP contribution < -0.4 is 9.47 Å². The van der Waals surface area contributed by atoms with Gasteiger partial charge in [-0.25, -0.2) is 4.39 Å². The molecule has 8 heteroatoms. The van der Waals surface area contributed by atoms with Gasteiger partial charge in [-0.05, 0) is 47.7 Å². The smallest absolute Gasteiger partial charge is 0.293 e. The summed E-state index contributed by atoms with van der Waals surface area (Å²) in [6.45, 7) is 0.150. The van der Waals surface area contributed by atoms with Crippen LogP contribution in [0, 0.1) is 5.82 Å². The number of thioether (sulfide) groups is 1. The Hall–Kier alpha value is -3.29. The molecule has 0 saturated carbocycles. The predicted octanol–water partition coefficient (Wildman–Crippen LogP) is 6.30. The van der Waals surface area contributed by atoms with Gasteiger partial charge < -0.3 is 9.47 Å². The first-order valence-electron chi connectivity index (χ1n) is 9.99. The maximum atomic E-state index is 14.0. The van der Waals surface area contributed by atoms with Gasteiger partial charge in [0, 0.05) is 16.1 Å². The highest BCUT2D eigenvalue weighted by Gasteiger charge is 2.35. The van der Waals surface area contributed by atoms with E-state index in [1.807, 2.05) is 18.2 Å². The monoisotopic (exact) mass is 483 g/mol. The van der Waals surface area contributed by atoms with Crippen molar-refractivity contribution in [1.82, 2.24) is 4.90 Å². The fraction of sp³-hybridized carbons (Fsp3) is 0.120. The zero-order valence-corrected chi connectivity index (χ0v) is 19.2. The normalized spacial score (nSPS) is 14.8. The summed E-state index contributed by atoms with van der Waals surface area (Å²) in [5.41, 5.74) is 1.78. The molecule has 168 valence electrons. The third-order valence-corrected chi connectivity index (χ3v) is 6.26. The van der Waals surface area contributed by atoms with E-state index >= 15 is 0 Å². The second-order valence-electron chi connectivity index (χ2n) is 7.15. The minimum absolute atomic E-state index is 0.118. The number of hydrogen-bond acceptors (Lipinski definition) is 5. The highest BCUT2D eigenvalue weighted by Crippen LogP contribution is 2.35. The van der Waals surface area contributed by atoms with E-state index in [0.29, 0.717) is 22.1 Å². The number of methoxy groups -OCH3 is 1. The molecule has 1 fully saturated rings. The van der Waals surface area contributed by atoms with Crippen molar-refractivity contribution in [3.05, 3.63) is 99.2 Å². The lowest BCUT2D eigenvalue weighted by Gasteiger charge is -2.13. The summed E-state index contributed by atoms with van der Waals surface area (Å²) < 4.78 is 25.2. The summed E-state index contributed by atoms with van der Waals surface area (Å²) in [4.78, 5) is 26.4. The molecule has 1 heterocycles. The molecule has 1 saturated heterocycles. The highest BCUT2D eigenvalue weighted by molar-refractivity contribution is 8.18. The Morgan fingerprint density at radius 3 is 2.45 bits per heavy atom. The minimum atomic E-state index is -0.466. The number of carbonyl (C=O) groups is 2. The van der Waals surface area contributed by atoms with Crippen LogP contribution in [-0.2, 0) is 17.9 Å². The van der Waals surface area contributed by atoms with E-state index < -0.39 is 17.0 Å². The van der Waals surface area contributed by atoms with E-state index in [1.54, 1.807) is 48.5 Å². The van der Waals surface area contributed by atoms with Gasteiger partial charge in [0.25, 0.3) is 11.1 Å². The summed E-state index contributed by atoms with van der Waals surface area (Å²) in [6.07, 6.45) is 1.60. The molecule has 0 unspecified atom stereocenters. The number of carbonyl (C=O) groups excluding carboxylic acids is 2. The second-order valence-corrected chi connectivity index (χ2v) is 8.55. The molecule has 0 aromatic heterocycles. The largest absolute Gasteiger partial charge is 0.493 e. The Balaban J connectivity index is 1.50. The van der Waals surface area contributed by atoms with Crippen LogP contribution in [-0.4, -0.2) is 23.2 Å². The maximum absolute atomic E-state index is 14.0. The summed E-state index contributed by atoms with van der Waals surface area (Å²) in [6, 6.07) is 18.7. The zero-order valence-electron chi connectivity index (χ0n) is 17.6. The molecule has 0 N–H and O–H groups in total. The summed E-state index contributed by atoms with van der Waals surface area (Å²) >= 11 is 6.99. The molecule has 2 amide bonds. The molecule has 4 rings (SSSR count). The van der Waals surface area contributed by atoms with Gasteiger partial charge in [0.2, 0.25) is 0 Å². The van der Waals surface area contributed by atoms with Crippen molar-refractivity contribution in [3.8, 4) is 11.5 Å². The summed E-state index contributed by atoms with van der Waals surface area (Å²) in [5.74, 6) is 0.0625. The van der Waals surface area contributed by atoms with E-state index in [-0.39, 0.29) is 23.6 Å². The van der Waals surface area contributed by atoms with Crippen LogP contribution in [0.25, 0.3) is 6.08 Å². The van der Waals surface area contributed by atoms with Gasteiger partial charge in [0.15, 0.2) is 11.5 Å². The maximum Gasteiger partial charge on any atom is 0.293 e. The molecule has 0 bridgehead atoms. The molecule has 1 aliphatic heterocycles. The number of amides is 2. The standard InChI is InChI=1S/C25H19ClFNO4S/c1-31-22-12-16(10-11-21(22)32-15-18-7-2-4-8-19(18)26)13-23-24(29)28(25(30)33-23)14-17-6-3-5-9-20(17)27/h2-13H,14-15H2,1H3/b23-13-. The zero-order chi connectivity index (χ0) is 23.4. The van der Waals surface area contributed by atoms with Crippen LogP contribution in [0.1, 0.15) is 16.7 Å². The fourth-order valence-electron chi connectivity index (χ4n) is 3.25. The second kappa shape index (κ2) is 10.1. The van der Waals surface area contributed by atoms with Gasteiger partial charge in [0.05, 0.1) is 18.6 Å². The van der Waals surface area contributed by atoms with E-state index in [2.05, 4.69) is 0 Å². The third kappa shape index (κ3) is 5.21. The van der Waals surface area contributed by atoms with Crippen LogP contribution in [0.15, 0.2) is 71.6 Å². The number of rotatable bonds is 7. The molecule has 3 aromatic rings. The average molecular weight is 484 g/mol. The number of imide groups is 1. The minimum Gasteiger partial charge on any atom is -0.493 e. The first-order valence-corrected chi connectivity index (χ1v) is 11.2. The van der Waals surface area contributed by atoms with Crippen molar-refractivity contribution in [1.29, 1.82) is 0 Å². The van der Waals surface area contributed by atoms with Gasteiger partial charge in [-0.15, -0.1) is 0 Å². The first kappa shape index (κ1) is 22.9. The molecule has 0 aliphatic carbocycles. The van der Waals surface area contributed by atoms with Gasteiger partial charge >= 0.3 is 0 Å². The molecular weight excluding hydrogens is 465 g/mol. The first-order chi connectivity index (χ1) is 16.0. The Morgan fingerprint density at radius 1 is 1.00 bits per heavy atom. The van der Waals surface area contributed by atoms with Gasteiger partial charge in [-0.2, -0.15) is 0 Å². The number of nitrogens with zero attached hydrogens (tertiary/aromatic N) is 1. The third-order valence-electron chi connectivity index (χ3n) is 4.99. The fourth-order valence-corrected chi connectivity index (χ4v) is 4.28. The van der Waals surface area contributed by atoms with Crippen LogP contribution >= 0.6 is 23.4 Å². The van der Waals surface area contributed by atoms with Gasteiger partial charge in [-0.3, -0.25) is 14.5 Å². The van der Waals surface area contributed by atoms with Crippen LogP contribution in [0.4, 0.5) is 9.18 Å². The molecule has 33 heavy (non-hydrogen) atoms. The van der Waals surface area contributed by atoms with E-state index in [4.69, 9.17) is 21.1 Å². The number of halogens is 2. The summed E-state index contributed by atoms with van der Waals surface area (Å²) in [5, 5.41) is 0.167. The lowest BCUT2D eigenvalue weighted by molar-refractivity contribution is -0.123. The predicted molar refractivity (Wildman–Crippen MR) is 127 cm³/mol. The molecule has 5 nitrogen and oxygen atoms in total. The molecule has 1 aliphatic rings. The van der Waals surface area contributed by atoms with Crippen molar-refractivity contribution in [3.63, 3.8) is 0 Å². The van der Waals surface area contributed by atoms with Crippen molar-refractivity contribution < 1.29 is 23.5 Å². The lowest BCUT2D eigenvalue weighted by Crippen LogP contribution is -2.27. The Kier molecular flexibility index (Phi) is 7.01. The SMILES string of the molecule is COc1cc(/C=C2\SC(=O)N(Cc3ccccc3F)C2=O)ccc1OCc1ccccc1Cl. The van der Waals surface area contributed by atoms with Crippen molar-refractivity contribution in [2.45, 2.75) is 13.2 Å². The van der Waals surface area contributed by atoms with Crippen molar-refractivity contribution in [2.75, 3.05) is 7.11 Å².